The Balaban J connectivity index is 1.62. The maximum atomic E-state index is 12.3. The lowest BCUT2D eigenvalue weighted by molar-refractivity contribution is 0.245. The molecule has 4 heteroatoms. The van der Waals surface area contributed by atoms with Crippen LogP contribution in [0.15, 0.2) is 53.3 Å². The van der Waals surface area contributed by atoms with Gasteiger partial charge in [0.05, 0.1) is 0 Å². The second kappa shape index (κ2) is 5.84. The van der Waals surface area contributed by atoms with Crippen molar-refractivity contribution in [3.05, 3.63) is 80.6 Å². The third-order valence-corrected chi connectivity index (χ3v) is 4.87. The van der Waals surface area contributed by atoms with Gasteiger partial charge in [0, 0.05) is 35.7 Å². The Morgan fingerprint density at radius 2 is 2.00 bits per heavy atom. The Bertz CT molecular complexity index is 932. The molecule has 4 rings (SSSR count). The van der Waals surface area contributed by atoms with Crippen LogP contribution in [-0.4, -0.2) is 16.4 Å². The van der Waals surface area contributed by atoms with Crippen LogP contribution >= 0.6 is 11.6 Å². The average molecular weight is 325 g/mol. The molecule has 0 atom stereocenters. The highest BCUT2D eigenvalue weighted by atomic mass is 35.5. The van der Waals surface area contributed by atoms with Crippen molar-refractivity contribution in [3.8, 4) is 0 Å². The van der Waals surface area contributed by atoms with E-state index in [0.717, 1.165) is 41.0 Å². The Morgan fingerprint density at radius 3 is 2.91 bits per heavy atom. The van der Waals surface area contributed by atoms with Crippen LogP contribution < -0.4 is 5.56 Å². The molecule has 0 amide bonds. The summed E-state index contributed by atoms with van der Waals surface area (Å²) >= 11 is 6.27. The molecule has 1 aromatic heterocycles. The number of aromatic nitrogens is 1. The van der Waals surface area contributed by atoms with Crippen LogP contribution in [0.5, 0.6) is 0 Å². The molecule has 1 aliphatic heterocycles. The van der Waals surface area contributed by atoms with Crippen molar-refractivity contribution in [1.82, 2.24) is 9.88 Å². The molecule has 0 spiro atoms. The molecule has 0 saturated heterocycles. The van der Waals surface area contributed by atoms with Crippen LogP contribution in [0.3, 0.4) is 0 Å². The molecule has 1 N–H and O–H groups in total. The molecule has 2 heterocycles. The molecule has 0 fully saturated rings. The number of H-pyrrole nitrogens is 1. The number of benzene rings is 2. The van der Waals surface area contributed by atoms with E-state index in [4.69, 9.17) is 11.6 Å². The summed E-state index contributed by atoms with van der Waals surface area (Å²) in [6, 6.07) is 15.9. The van der Waals surface area contributed by atoms with Crippen molar-refractivity contribution < 1.29 is 0 Å². The highest BCUT2D eigenvalue weighted by Crippen LogP contribution is 2.26. The van der Waals surface area contributed by atoms with E-state index in [0.29, 0.717) is 6.54 Å². The normalized spacial score (nSPS) is 14.8. The molecule has 23 heavy (non-hydrogen) atoms. The molecule has 3 aromatic rings. The summed E-state index contributed by atoms with van der Waals surface area (Å²) in [5, 5.41) is 1.92. The minimum Gasteiger partial charge on any atom is -0.322 e. The van der Waals surface area contributed by atoms with Gasteiger partial charge in [-0.2, -0.15) is 0 Å². The topological polar surface area (TPSA) is 36.1 Å². The second-order valence-corrected chi connectivity index (χ2v) is 6.46. The average Bonchev–Trinajstić information content (AvgIpc) is 2.56. The summed E-state index contributed by atoms with van der Waals surface area (Å²) in [4.78, 5) is 17.6. The van der Waals surface area contributed by atoms with Gasteiger partial charge >= 0.3 is 0 Å². The molecule has 0 radical (unpaired) electrons. The Morgan fingerprint density at radius 1 is 1.13 bits per heavy atom. The van der Waals surface area contributed by atoms with E-state index >= 15 is 0 Å². The highest BCUT2D eigenvalue weighted by molar-refractivity contribution is 6.31. The number of fused-ring (bicyclic) bond motifs is 2. The van der Waals surface area contributed by atoms with E-state index in [1.807, 2.05) is 42.5 Å². The third-order valence-electron chi connectivity index (χ3n) is 4.51. The number of pyridine rings is 1. The lowest BCUT2D eigenvalue weighted by Crippen LogP contribution is -2.32. The van der Waals surface area contributed by atoms with Crippen molar-refractivity contribution in [2.45, 2.75) is 19.5 Å². The molecular weight excluding hydrogens is 308 g/mol. The van der Waals surface area contributed by atoms with E-state index in [2.05, 4.69) is 16.0 Å². The van der Waals surface area contributed by atoms with E-state index in [1.54, 1.807) is 0 Å². The molecular formula is C19H17ClN2O. The van der Waals surface area contributed by atoms with Gasteiger partial charge in [0.25, 0.3) is 5.56 Å². The number of hydrogen-bond donors (Lipinski definition) is 1. The first-order chi connectivity index (χ1) is 11.2. The minimum atomic E-state index is 0.000547. The molecule has 0 unspecified atom stereocenters. The summed E-state index contributed by atoms with van der Waals surface area (Å²) < 4.78 is 0. The van der Waals surface area contributed by atoms with Crippen LogP contribution in [0.25, 0.3) is 10.9 Å². The first-order valence-electron chi connectivity index (χ1n) is 7.80. The van der Waals surface area contributed by atoms with Gasteiger partial charge in [-0.25, -0.2) is 0 Å². The Hall–Kier alpha value is -2.10. The van der Waals surface area contributed by atoms with Gasteiger partial charge in [0.15, 0.2) is 0 Å². The van der Waals surface area contributed by atoms with Gasteiger partial charge in [-0.05, 0) is 41.1 Å². The molecule has 2 aromatic carbocycles. The highest BCUT2D eigenvalue weighted by Gasteiger charge is 2.19. The number of halogens is 1. The van der Waals surface area contributed by atoms with Crippen LogP contribution in [0.1, 0.15) is 16.7 Å². The summed E-state index contributed by atoms with van der Waals surface area (Å²) in [5.41, 5.74) is 4.21. The quantitative estimate of drug-likeness (QED) is 0.779. The Labute approximate surface area is 139 Å². The predicted molar refractivity (Wildman–Crippen MR) is 93.8 cm³/mol. The number of hydrogen-bond acceptors (Lipinski definition) is 2. The molecule has 0 saturated carbocycles. The predicted octanol–water partition coefficient (Wildman–Crippen LogP) is 3.74. The van der Waals surface area contributed by atoms with Crippen LogP contribution in [0.2, 0.25) is 5.02 Å². The summed E-state index contributed by atoms with van der Waals surface area (Å²) in [6.07, 6.45) is 0.931. The van der Waals surface area contributed by atoms with Crippen molar-refractivity contribution >= 4 is 22.5 Å². The maximum absolute atomic E-state index is 12.3. The van der Waals surface area contributed by atoms with Crippen LogP contribution in [0, 0.1) is 0 Å². The fraction of sp³-hybridized carbons (Fsp3) is 0.211. The van der Waals surface area contributed by atoms with E-state index < -0.39 is 0 Å². The standard InChI is InChI=1S/C19H17ClN2O/c20-17-6-3-5-14-11-22(9-8-16(14)17)12-15-10-13-4-1-2-7-18(13)21-19(15)23/h1-7,10H,8-9,11-12H2,(H,21,23). The lowest BCUT2D eigenvalue weighted by Gasteiger charge is -2.29. The van der Waals surface area contributed by atoms with E-state index in [1.165, 1.54) is 11.1 Å². The first kappa shape index (κ1) is 14.5. The van der Waals surface area contributed by atoms with E-state index in [9.17, 15) is 4.79 Å². The zero-order chi connectivity index (χ0) is 15.8. The van der Waals surface area contributed by atoms with Gasteiger partial charge in [-0.1, -0.05) is 41.9 Å². The van der Waals surface area contributed by atoms with Crippen molar-refractivity contribution in [2.75, 3.05) is 6.54 Å². The molecule has 0 bridgehead atoms. The smallest absolute Gasteiger partial charge is 0.252 e. The van der Waals surface area contributed by atoms with Crippen LogP contribution in [-0.2, 0) is 19.5 Å². The minimum absolute atomic E-state index is 0.000547. The third kappa shape index (κ3) is 2.78. The largest absolute Gasteiger partial charge is 0.322 e. The van der Waals surface area contributed by atoms with Gasteiger partial charge < -0.3 is 4.98 Å². The van der Waals surface area contributed by atoms with E-state index in [-0.39, 0.29) is 5.56 Å². The van der Waals surface area contributed by atoms with Crippen molar-refractivity contribution in [2.24, 2.45) is 0 Å². The first-order valence-corrected chi connectivity index (χ1v) is 8.18. The zero-order valence-electron chi connectivity index (χ0n) is 12.7. The molecule has 116 valence electrons. The number of nitrogens with zero attached hydrogens (tertiary/aromatic N) is 1. The van der Waals surface area contributed by atoms with Gasteiger partial charge in [0.2, 0.25) is 0 Å². The van der Waals surface area contributed by atoms with Crippen molar-refractivity contribution in [1.29, 1.82) is 0 Å². The summed E-state index contributed by atoms with van der Waals surface area (Å²) in [6.45, 7) is 2.41. The lowest BCUT2D eigenvalue weighted by atomic mass is 9.99. The number of aromatic amines is 1. The number of para-hydroxylation sites is 1. The second-order valence-electron chi connectivity index (χ2n) is 6.05. The summed E-state index contributed by atoms with van der Waals surface area (Å²) in [7, 11) is 0. The maximum Gasteiger partial charge on any atom is 0.252 e. The SMILES string of the molecule is O=c1[nH]c2ccccc2cc1CN1CCc2c(Cl)cccc2C1. The molecule has 1 aliphatic rings. The monoisotopic (exact) mass is 324 g/mol. The fourth-order valence-corrected chi connectivity index (χ4v) is 3.60. The van der Waals surface area contributed by atoms with Crippen LogP contribution in [0.4, 0.5) is 0 Å². The Kier molecular flexibility index (Phi) is 3.68. The number of nitrogens with one attached hydrogen (secondary N) is 1. The fourth-order valence-electron chi connectivity index (χ4n) is 3.31. The number of rotatable bonds is 2. The van der Waals surface area contributed by atoms with Crippen molar-refractivity contribution in [3.63, 3.8) is 0 Å². The molecule has 0 aliphatic carbocycles. The van der Waals surface area contributed by atoms with Gasteiger partial charge in [-0.3, -0.25) is 9.69 Å². The van der Waals surface area contributed by atoms with Gasteiger partial charge in [0.1, 0.15) is 0 Å². The molecule has 3 nitrogen and oxygen atoms in total. The summed E-state index contributed by atoms with van der Waals surface area (Å²) in [5.74, 6) is 0. The van der Waals surface area contributed by atoms with Gasteiger partial charge in [-0.15, -0.1) is 0 Å². The zero-order valence-corrected chi connectivity index (χ0v) is 13.4.